The zero-order valence-electron chi connectivity index (χ0n) is 19.0. The predicted molar refractivity (Wildman–Crippen MR) is 124 cm³/mol. The zero-order chi connectivity index (χ0) is 23.8. The Kier molecular flexibility index (Phi) is 14.4. The topological polar surface area (TPSA) is 160 Å². The quantitative estimate of drug-likeness (QED) is 0.202. The van der Waals surface area contributed by atoms with Gasteiger partial charge in [-0.25, -0.2) is 4.79 Å². The Hall–Kier alpha value is -2.52. The van der Waals surface area contributed by atoms with Gasteiger partial charge in [-0.05, 0) is 51.5 Å². The summed E-state index contributed by atoms with van der Waals surface area (Å²) in [5.41, 5.74) is 7.70. The van der Waals surface area contributed by atoms with Gasteiger partial charge >= 0.3 is 18.0 Å². The van der Waals surface area contributed by atoms with Crippen molar-refractivity contribution in [2.24, 2.45) is 11.0 Å². The number of hydrogen-bond acceptors (Lipinski definition) is 8. The Morgan fingerprint density at radius 1 is 1.00 bits per heavy atom. The summed E-state index contributed by atoms with van der Waals surface area (Å²) in [4.78, 5) is 36.0. The minimum Gasteiger partial charge on any atom is -0.462 e. The average Bonchev–Trinajstić information content (AvgIpc) is 3.07. The molecular weight excluding hydrogens is 432 g/mol. The molecule has 192 valence electrons. The summed E-state index contributed by atoms with van der Waals surface area (Å²) in [5.74, 6) is -0.276. The van der Waals surface area contributed by atoms with Crippen LogP contribution >= 0.6 is 0 Å². The van der Waals surface area contributed by atoms with Crippen molar-refractivity contribution < 1.29 is 33.7 Å². The number of alkyl carbamates (subject to hydrolysis) is 1. The molecule has 6 atom stereocenters. The molecule has 0 aromatic carbocycles. The molecule has 0 bridgehead atoms. The summed E-state index contributed by atoms with van der Waals surface area (Å²) in [7, 11) is 0. The highest BCUT2D eigenvalue weighted by molar-refractivity contribution is 5.69. The van der Waals surface area contributed by atoms with E-state index in [1.54, 1.807) is 20.8 Å². The Morgan fingerprint density at radius 2 is 1.55 bits per heavy atom. The highest BCUT2D eigenvalue weighted by atomic mass is 16.6. The van der Waals surface area contributed by atoms with E-state index in [4.69, 9.17) is 19.7 Å². The van der Waals surface area contributed by atoms with E-state index in [1.165, 1.54) is 13.8 Å². The summed E-state index contributed by atoms with van der Waals surface area (Å²) in [5, 5.41) is 15.8. The number of rotatable bonds is 4. The van der Waals surface area contributed by atoms with Crippen molar-refractivity contribution >= 4 is 18.0 Å². The number of aliphatic hydroxyl groups is 1. The lowest BCUT2D eigenvalue weighted by Crippen LogP contribution is -2.44. The van der Waals surface area contributed by atoms with Crippen LogP contribution in [0.1, 0.15) is 82.1 Å². The number of hydrogen-bond donors (Lipinski definition) is 2. The molecule has 0 aromatic heterocycles. The standard InChI is InChI=1S/C12H21NO5.C8H13N3O2.2CH4/c1-7(14)17-10-6-8(15)5-9(10)13-11(16)18-12(2,3)4;1-5-3-7(10-11-9)8(4-5)13-6(2)12;;/h8-10,15H,5-6H2,1-4H3,(H,13,16);5,7-8H,3-4H2,1-2H3;2*1H4/t8-,9+,10+;5-,7+,8+;;/m11../s1. The van der Waals surface area contributed by atoms with E-state index >= 15 is 0 Å². The van der Waals surface area contributed by atoms with Gasteiger partial charge in [0.2, 0.25) is 0 Å². The van der Waals surface area contributed by atoms with Crippen LogP contribution in [0.4, 0.5) is 4.79 Å². The van der Waals surface area contributed by atoms with E-state index in [0.717, 1.165) is 12.8 Å². The maximum absolute atomic E-state index is 11.6. The Bertz CT molecular complexity index is 689. The molecule has 0 heterocycles. The van der Waals surface area contributed by atoms with Gasteiger partial charge in [-0.1, -0.05) is 26.9 Å². The summed E-state index contributed by atoms with van der Waals surface area (Å²) in [6.45, 7) is 10.0. The number of amides is 1. The summed E-state index contributed by atoms with van der Waals surface area (Å²) in [6, 6.07) is -0.581. The first kappa shape index (κ1) is 32.7. The van der Waals surface area contributed by atoms with Crippen LogP contribution in [0.5, 0.6) is 0 Å². The average molecular weight is 475 g/mol. The van der Waals surface area contributed by atoms with Gasteiger partial charge in [-0.15, -0.1) is 0 Å². The third-order valence-corrected chi connectivity index (χ3v) is 4.72. The first-order chi connectivity index (χ1) is 14.3. The predicted octanol–water partition coefficient (Wildman–Crippen LogP) is 4.27. The molecular formula is C22H42N4O7. The van der Waals surface area contributed by atoms with Crippen molar-refractivity contribution in [3.05, 3.63) is 10.4 Å². The van der Waals surface area contributed by atoms with Gasteiger partial charge in [-0.3, -0.25) is 9.59 Å². The van der Waals surface area contributed by atoms with Gasteiger partial charge in [0.1, 0.15) is 17.8 Å². The largest absolute Gasteiger partial charge is 0.462 e. The number of azide groups is 1. The van der Waals surface area contributed by atoms with Gasteiger partial charge in [-0.2, -0.15) is 0 Å². The highest BCUT2D eigenvalue weighted by Crippen LogP contribution is 2.30. The lowest BCUT2D eigenvalue weighted by molar-refractivity contribution is -0.147. The summed E-state index contributed by atoms with van der Waals surface area (Å²) < 4.78 is 15.2. The summed E-state index contributed by atoms with van der Waals surface area (Å²) in [6.07, 6.45) is 0.434. The van der Waals surface area contributed by atoms with Gasteiger partial charge in [0.15, 0.2) is 0 Å². The van der Waals surface area contributed by atoms with Gasteiger partial charge < -0.3 is 24.6 Å². The van der Waals surface area contributed by atoms with E-state index < -0.39 is 35.9 Å². The molecule has 11 heteroatoms. The van der Waals surface area contributed by atoms with Crippen molar-refractivity contribution in [1.29, 1.82) is 0 Å². The third kappa shape index (κ3) is 12.9. The Balaban J connectivity index is 0. The maximum atomic E-state index is 11.6. The van der Waals surface area contributed by atoms with Crippen LogP contribution in [0.25, 0.3) is 10.4 Å². The molecule has 2 aliphatic rings. The number of nitrogens with one attached hydrogen (secondary N) is 1. The second kappa shape index (κ2) is 14.6. The van der Waals surface area contributed by atoms with Crippen LogP contribution in [-0.2, 0) is 23.8 Å². The lowest BCUT2D eigenvalue weighted by atomic mass is 10.1. The van der Waals surface area contributed by atoms with Gasteiger partial charge in [0.25, 0.3) is 0 Å². The third-order valence-electron chi connectivity index (χ3n) is 4.72. The molecule has 2 saturated carbocycles. The number of carbonyl (C=O) groups is 3. The first-order valence-electron chi connectivity index (χ1n) is 10.4. The van der Waals surface area contributed by atoms with Crippen molar-refractivity contribution in [1.82, 2.24) is 5.32 Å². The van der Waals surface area contributed by atoms with E-state index in [9.17, 15) is 19.5 Å². The number of nitrogens with zero attached hydrogens (tertiary/aromatic N) is 3. The molecule has 0 aliphatic heterocycles. The highest BCUT2D eigenvalue weighted by Gasteiger charge is 2.37. The fraction of sp³-hybridized carbons (Fsp3) is 0.864. The van der Waals surface area contributed by atoms with Crippen molar-refractivity contribution in [2.45, 2.75) is 118 Å². The van der Waals surface area contributed by atoms with Crippen molar-refractivity contribution in [3.63, 3.8) is 0 Å². The van der Waals surface area contributed by atoms with Crippen LogP contribution in [0, 0.1) is 5.92 Å². The lowest BCUT2D eigenvalue weighted by Gasteiger charge is -2.24. The van der Waals surface area contributed by atoms with Crippen LogP contribution in [0.3, 0.4) is 0 Å². The van der Waals surface area contributed by atoms with Crippen molar-refractivity contribution in [2.75, 3.05) is 0 Å². The molecule has 0 saturated heterocycles. The molecule has 33 heavy (non-hydrogen) atoms. The van der Waals surface area contributed by atoms with Crippen LogP contribution in [0.15, 0.2) is 5.11 Å². The van der Waals surface area contributed by atoms with E-state index in [-0.39, 0.29) is 33.0 Å². The fourth-order valence-electron chi connectivity index (χ4n) is 3.67. The van der Waals surface area contributed by atoms with E-state index in [1.807, 2.05) is 0 Å². The summed E-state index contributed by atoms with van der Waals surface area (Å²) >= 11 is 0. The smallest absolute Gasteiger partial charge is 0.408 e. The molecule has 2 aliphatic carbocycles. The van der Waals surface area contributed by atoms with Crippen LogP contribution in [0.2, 0.25) is 0 Å². The van der Waals surface area contributed by atoms with Gasteiger partial charge in [0.05, 0.1) is 18.2 Å². The molecule has 11 nitrogen and oxygen atoms in total. The molecule has 1 amide bonds. The van der Waals surface area contributed by atoms with Crippen LogP contribution in [-0.4, -0.2) is 59.1 Å². The van der Waals surface area contributed by atoms with E-state index in [2.05, 4.69) is 22.3 Å². The number of ether oxygens (including phenoxy) is 3. The minimum absolute atomic E-state index is 0. The normalized spacial score (nSPS) is 27.8. The second-order valence-corrected chi connectivity index (χ2v) is 9.02. The monoisotopic (exact) mass is 474 g/mol. The zero-order valence-corrected chi connectivity index (χ0v) is 19.0. The Labute approximate surface area is 197 Å². The van der Waals surface area contributed by atoms with E-state index in [0.29, 0.717) is 18.8 Å². The molecule has 0 spiro atoms. The number of esters is 2. The Morgan fingerprint density at radius 3 is 2.03 bits per heavy atom. The second-order valence-electron chi connectivity index (χ2n) is 9.02. The van der Waals surface area contributed by atoms with Crippen molar-refractivity contribution in [3.8, 4) is 0 Å². The first-order valence-corrected chi connectivity index (χ1v) is 10.4. The molecule has 2 rings (SSSR count). The number of aliphatic hydroxyl groups excluding tert-OH is 1. The molecule has 0 radical (unpaired) electrons. The van der Waals surface area contributed by atoms with Crippen LogP contribution < -0.4 is 5.32 Å². The number of carbonyl (C=O) groups excluding carboxylic acids is 3. The molecule has 2 N–H and O–H groups in total. The van der Waals surface area contributed by atoms with Gasteiger partial charge in [0, 0.05) is 25.2 Å². The minimum atomic E-state index is -0.585. The maximum Gasteiger partial charge on any atom is 0.408 e. The molecule has 0 unspecified atom stereocenters. The SMILES string of the molecule is C.C.CC(=O)O[C@H]1C[C@H](C)C[C@@H]1N=[N+]=[N-].CC(=O)O[C@H]1C[C@H](O)C[C@@H]1NC(=O)OC(C)(C)C. The fourth-order valence-corrected chi connectivity index (χ4v) is 3.67. The molecule has 0 aromatic rings. The molecule has 2 fully saturated rings.